The Morgan fingerprint density at radius 3 is 2.78 bits per heavy atom. The SMILES string of the molecule is COc1cccc2oc3c(c(=O)c12)C(C(=O)O)=CC(CO)=CO3. The van der Waals surface area contributed by atoms with Crippen molar-refractivity contribution in [2.24, 2.45) is 0 Å². The van der Waals surface area contributed by atoms with Crippen LogP contribution < -0.4 is 14.9 Å². The molecule has 2 N–H and O–H groups in total. The second-order valence-corrected chi connectivity index (χ2v) is 4.76. The standard InChI is InChI=1S/C16H12O7/c1-21-10-3-2-4-11-13(10)14(18)12-9(15(19)20)5-8(6-17)7-22-16(12)23-11/h2-5,7,17H,6H2,1H3,(H,19,20). The summed E-state index contributed by atoms with van der Waals surface area (Å²) >= 11 is 0. The van der Waals surface area contributed by atoms with Gasteiger partial charge in [0.15, 0.2) is 0 Å². The number of aliphatic hydroxyl groups excluding tert-OH is 1. The van der Waals surface area contributed by atoms with Crippen LogP contribution in [0.3, 0.4) is 0 Å². The number of aliphatic carboxylic acids is 1. The van der Waals surface area contributed by atoms with Gasteiger partial charge in [-0.3, -0.25) is 4.79 Å². The number of fused-ring (bicyclic) bond motifs is 2. The first kappa shape index (κ1) is 14.9. The normalized spacial score (nSPS) is 13.5. The highest BCUT2D eigenvalue weighted by atomic mass is 16.6. The number of carboxylic acid groups (broad SMARTS) is 1. The monoisotopic (exact) mass is 316 g/mol. The van der Waals surface area contributed by atoms with E-state index in [4.69, 9.17) is 13.9 Å². The first-order valence-corrected chi connectivity index (χ1v) is 6.62. The molecule has 0 unspecified atom stereocenters. The molecule has 3 rings (SSSR count). The van der Waals surface area contributed by atoms with Crippen molar-refractivity contribution in [3.63, 3.8) is 0 Å². The highest BCUT2D eigenvalue weighted by molar-refractivity contribution is 6.17. The molecule has 0 saturated heterocycles. The zero-order valence-electron chi connectivity index (χ0n) is 12.0. The highest BCUT2D eigenvalue weighted by Crippen LogP contribution is 2.33. The van der Waals surface area contributed by atoms with E-state index in [2.05, 4.69) is 0 Å². The molecule has 23 heavy (non-hydrogen) atoms. The third-order valence-corrected chi connectivity index (χ3v) is 3.40. The minimum Gasteiger partial charge on any atom is -0.496 e. The topological polar surface area (TPSA) is 106 Å². The molecule has 0 bridgehead atoms. The molecule has 1 aromatic heterocycles. The Hall–Kier alpha value is -3.06. The number of carboxylic acids is 1. The summed E-state index contributed by atoms with van der Waals surface area (Å²) in [7, 11) is 1.40. The largest absolute Gasteiger partial charge is 0.496 e. The highest BCUT2D eigenvalue weighted by Gasteiger charge is 2.27. The molecule has 0 spiro atoms. The lowest BCUT2D eigenvalue weighted by atomic mass is 10.0. The summed E-state index contributed by atoms with van der Waals surface area (Å²) < 4.78 is 15.9. The fraction of sp³-hybridized carbons (Fsp3) is 0.125. The van der Waals surface area contributed by atoms with Gasteiger partial charge in [-0.1, -0.05) is 6.07 Å². The molecule has 1 aliphatic heterocycles. The van der Waals surface area contributed by atoms with Crippen LogP contribution in [-0.2, 0) is 4.79 Å². The number of carbonyl (C=O) groups is 1. The second-order valence-electron chi connectivity index (χ2n) is 4.76. The lowest BCUT2D eigenvalue weighted by Crippen LogP contribution is -2.14. The van der Waals surface area contributed by atoms with Gasteiger partial charge in [0.05, 0.1) is 19.3 Å². The van der Waals surface area contributed by atoms with Crippen molar-refractivity contribution in [3.8, 4) is 11.7 Å². The average molecular weight is 316 g/mol. The van der Waals surface area contributed by atoms with Gasteiger partial charge in [0.25, 0.3) is 0 Å². The van der Waals surface area contributed by atoms with Crippen molar-refractivity contribution in [2.75, 3.05) is 13.7 Å². The van der Waals surface area contributed by atoms with Gasteiger partial charge in [0.1, 0.15) is 28.5 Å². The first-order valence-electron chi connectivity index (χ1n) is 6.62. The number of benzene rings is 1. The van der Waals surface area contributed by atoms with Crippen LogP contribution in [-0.4, -0.2) is 29.9 Å². The lowest BCUT2D eigenvalue weighted by Gasteiger charge is -2.09. The maximum atomic E-state index is 12.8. The summed E-state index contributed by atoms with van der Waals surface area (Å²) in [5, 5.41) is 18.7. The lowest BCUT2D eigenvalue weighted by molar-refractivity contribution is -0.130. The van der Waals surface area contributed by atoms with Crippen molar-refractivity contribution < 1.29 is 28.9 Å². The molecule has 7 nitrogen and oxygen atoms in total. The summed E-state index contributed by atoms with van der Waals surface area (Å²) in [5.41, 5.74) is -0.726. The molecule has 0 atom stereocenters. The van der Waals surface area contributed by atoms with Crippen LogP contribution in [0.2, 0.25) is 0 Å². The van der Waals surface area contributed by atoms with Crippen LogP contribution in [0, 0.1) is 0 Å². The molecule has 0 saturated carbocycles. The Morgan fingerprint density at radius 2 is 2.13 bits per heavy atom. The van der Waals surface area contributed by atoms with Crippen LogP contribution in [0.4, 0.5) is 0 Å². The smallest absolute Gasteiger partial charge is 0.336 e. The summed E-state index contributed by atoms with van der Waals surface area (Å²) in [5.74, 6) is -1.31. The number of aliphatic hydroxyl groups is 1. The molecule has 2 aromatic rings. The molecule has 7 heteroatoms. The van der Waals surface area contributed by atoms with E-state index in [-0.39, 0.29) is 39.4 Å². The number of hydrogen-bond donors (Lipinski definition) is 2. The number of hydrogen-bond acceptors (Lipinski definition) is 6. The fourth-order valence-electron chi connectivity index (χ4n) is 2.35. The van der Waals surface area contributed by atoms with E-state index in [9.17, 15) is 19.8 Å². The van der Waals surface area contributed by atoms with Gasteiger partial charge in [-0.15, -0.1) is 0 Å². The van der Waals surface area contributed by atoms with Crippen LogP contribution in [0.5, 0.6) is 11.7 Å². The van der Waals surface area contributed by atoms with Crippen molar-refractivity contribution in [3.05, 3.63) is 51.9 Å². The van der Waals surface area contributed by atoms with Crippen LogP contribution >= 0.6 is 0 Å². The maximum Gasteiger partial charge on any atom is 0.336 e. The molecule has 0 fully saturated rings. The van der Waals surface area contributed by atoms with Gasteiger partial charge in [0, 0.05) is 5.57 Å². The second kappa shape index (κ2) is 5.62. The summed E-state index contributed by atoms with van der Waals surface area (Å²) in [4.78, 5) is 24.3. The van der Waals surface area contributed by atoms with Gasteiger partial charge in [0.2, 0.25) is 5.43 Å². The molecular formula is C16H12O7. The van der Waals surface area contributed by atoms with Gasteiger partial charge < -0.3 is 24.1 Å². The minimum absolute atomic E-state index is 0.122. The third-order valence-electron chi connectivity index (χ3n) is 3.40. The Bertz CT molecular complexity index is 918. The first-order chi connectivity index (χ1) is 11.1. The van der Waals surface area contributed by atoms with Gasteiger partial charge in [-0.2, -0.15) is 0 Å². The summed E-state index contributed by atoms with van der Waals surface area (Å²) in [6.07, 6.45) is 2.32. The van der Waals surface area contributed by atoms with Crippen molar-refractivity contribution in [2.45, 2.75) is 0 Å². The van der Waals surface area contributed by atoms with Crippen LogP contribution in [0.25, 0.3) is 16.5 Å². The van der Waals surface area contributed by atoms with Crippen molar-refractivity contribution >= 4 is 22.5 Å². The zero-order chi connectivity index (χ0) is 16.6. The average Bonchev–Trinajstić information content (AvgIpc) is 2.74. The fourth-order valence-corrected chi connectivity index (χ4v) is 2.35. The summed E-state index contributed by atoms with van der Waals surface area (Å²) in [6.45, 7) is -0.443. The van der Waals surface area contributed by atoms with E-state index in [1.54, 1.807) is 18.2 Å². The van der Waals surface area contributed by atoms with E-state index in [1.165, 1.54) is 13.2 Å². The zero-order valence-corrected chi connectivity index (χ0v) is 12.0. The minimum atomic E-state index is -1.34. The summed E-state index contributed by atoms with van der Waals surface area (Å²) in [6, 6.07) is 4.76. The van der Waals surface area contributed by atoms with Crippen molar-refractivity contribution in [1.29, 1.82) is 0 Å². The van der Waals surface area contributed by atoms with Gasteiger partial charge >= 0.3 is 11.9 Å². The Kier molecular flexibility index (Phi) is 3.63. The predicted molar refractivity (Wildman–Crippen MR) is 80.4 cm³/mol. The van der Waals surface area contributed by atoms with Crippen LogP contribution in [0.1, 0.15) is 5.56 Å². The van der Waals surface area contributed by atoms with Crippen molar-refractivity contribution in [1.82, 2.24) is 0 Å². The van der Waals surface area contributed by atoms with Gasteiger partial charge in [-0.25, -0.2) is 4.79 Å². The van der Waals surface area contributed by atoms with E-state index < -0.39 is 18.0 Å². The van der Waals surface area contributed by atoms with Gasteiger partial charge in [-0.05, 0) is 18.2 Å². The predicted octanol–water partition coefficient (Wildman–Crippen LogP) is 1.54. The number of rotatable bonds is 3. The van der Waals surface area contributed by atoms with E-state index in [0.717, 1.165) is 6.26 Å². The van der Waals surface area contributed by atoms with E-state index >= 15 is 0 Å². The van der Waals surface area contributed by atoms with E-state index in [1.807, 2.05) is 0 Å². The Morgan fingerprint density at radius 1 is 1.35 bits per heavy atom. The van der Waals surface area contributed by atoms with Crippen LogP contribution in [0.15, 0.2) is 45.3 Å². The molecule has 0 radical (unpaired) electrons. The molecular weight excluding hydrogens is 304 g/mol. The number of methoxy groups -OCH3 is 1. The molecule has 1 aliphatic rings. The third kappa shape index (κ3) is 2.36. The molecule has 0 aliphatic carbocycles. The number of ether oxygens (including phenoxy) is 2. The quantitative estimate of drug-likeness (QED) is 0.884. The molecule has 1 aromatic carbocycles. The Balaban J connectivity index is 2.42. The molecule has 2 heterocycles. The molecule has 0 amide bonds. The molecule has 118 valence electrons. The van der Waals surface area contributed by atoms with E-state index in [0.29, 0.717) is 0 Å². The Labute approximate surface area is 129 Å². The maximum absolute atomic E-state index is 12.8.